The Kier molecular flexibility index (Phi) is 2.85. The number of ether oxygens (including phenoxy) is 2. The van der Waals surface area contributed by atoms with E-state index in [2.05, 4.69) is 20.3 Å². The summed E-state index contributed by atoms with van der Waals surface area (Å²) >= 11 is 5.68. The van der Waals surface area contributed by atoms with Gasteiger partial charge in [-0.15, -0.1) is 0 Å². The quantitative estimate of drug-likeness (QED) is 0.895. The maximum Gasteiger partial charge on any atom is 0.231 e. The van der Waals surface area contributed by atoms with Gasteiger partial charge in [0.25, 0.3) is 0 Å². The molecule has 18 heavy (non-hydrogen) atoms. The highest BCUT2D eigenvalue weighted by Gasteiger charge is 2.12. The fraction of sp³-hybridized carbons (Fsp3) is 0.182. The summed E-state index contributed by atoms with van der Waals surface area (Å²) in [6, 6.07) is 5.51. The first-order chi connectivity index (χ1) is 8.81. The van der Waals surface area contributed by atoms with Crippen molar-refractivity contribution in [1.82, 2.24) is 15.0 Å². The summed E-state index contributed by atoms with van der Waals surface area (Å²) in [6.45, 7) is 1.12. The van der Waals surface area contributed by atoms with Gasteiger partial charge in [0.1, 0.15) is 19.5 Å². The lowest BCUT2D eigenvalue weighted by Crippen LogP contribution is -2.15. The number of nitrogens with one attached hydrogen (secondary N) is 1. The van der Waals surface area contributed by atoms with Crippen molar-refractivity contribution in [2.45, 2.75) is 0 Å². The number of aromatic nitrogens is 3. The van der Waals surface area contributed by atoms with E-state index in [1.165, 1.54) is 6.33 Å². The van der Waals surface area contributed by atoms with Crippen LogP contribution in [0.15, 0.2) is 24.5 Å². The highest BCUT2D eigenvalue weighted by Crippen LogP contribution is 2.33. The largest absolute Gasteiger partial charge is 0.486 e. The van der Waals surface area contributed by atoms with Crippen molar-refractivity contribution in [2.75, 3.05) is 18.5 Å². The van der Waals surface area contributed by atoms with Crippen LogP contribution in [0.4, 0.5) is 11.6 Å². The number of halogens is 1. The molecule has 0 unspecified atom stereocenters. The molecule has 2 heterocycles. The van der Waals surface area contributed by atoms with Crippen molar-refractivity contribution >= 4 is 23.2 Å². The smallest absolute Gasteiger partial charge is 0.231 e. The number of rotatable bonds is 2. The number of hydrogen-bond donors (Lipinski definition) is 1. The van der Waals surface area contributed by atoms with Crippen LogP contribution in [0.3, 0.4) is 0 Å². The summed E-state index contributed by atoms with van der Waals surface area (Å²) in [4.78, 5) is 11.6. The van der Waals surface area contributed by atoms with E-state index in [4.69, 9.17) is 21.1 Å². The fourth-order valence-corrected chi connectivity index (χ4v) is 1.71. The summed E-state index contributed by atoms with van der Waals surface area (Å²) in [5, 5.41) is 3.16. The van der Waals surface area contributed by atoms with Crippen molar-refractivity contribution in [2.24, 2.45) is 0 Å². The molecule has 0 atom stereocenters. The van der Waals surface area contributed by atoms with Crippen molar-refractivity contribution in [3.8, 4) is 11.5 Å². The first kappa shape index (κ1) is 11.0. The summed E-state index contributed by atoms with van der Waals surface area (Å²) in [5.74, 6) is 1.82. The van der Waals surface area contributed by atoms with Gasteiger partial charge in [0.15, 0.2) is 11.5 Å². The van der Waals surface area contributed by atoms with Crippen molar-refractivity contribution < 1.29 is 9.47 Å². The lowest BCUT2D eigenvalue weighted by molar-refractivity contribution is 0.171. The SMILES string of the molecule is Clc1ncnc(Nc2ccc3c(c2)OCCO3)n1. The van der Waals surface area contributed by atoms with Crippen LogP contribution < -0.4 is 14.8 Å². The first-order valence-electron chi connectivity index (χ1n) is 5.32. The Morgan fingerprint density at radius 1 is 1.11 bits per heavy atom. The molecular formula is C11H9ClN4O2. The van der Waals surface area contributed by atoms with Crippen LogP contribution in [0.25, 0.3) is 0 Å². The molecule has 1 aromatic heterocycles. The van der Waals surface area contributed by atoms with Crippen LogP contribution in [0, 0.1) is 0 Å². The van der Waals surface area contributed by atoms with E-state index in [1.54, 1.807) is 0 Å². The number of hydrogen-bond acceptors (Lipinski definition) is 6. The number of benzene rings is 1. The van der Waals surface area contributed by atoms with E-state index in [1.807, 2.05) is 18.2 Å². The maximum absolute atomic E-state index is 5.68. The Bertz CT molecular complexity index is 579. The second-order valence-corrected chi connectivity index (χ2v) is 3.90. The lowest BCUT2D eigenvalue weighted by atomic mass is 10.2. The number of nitrogens with zero attached hydrogens (tertiary/aromatic N) is 3. The van der Waals surface area contributed by atoms with E-state index in [0.29, 0.717) is 24.9 Å². The van der Waals surface area contributed by atoms with Gasteiger partial charge in [-0.1, -0.05) is 0 Å². The average molecular weight is 265 g/mol. The molecule has 3 rings (SSSR count). The van der Waals surface area contributed by atoms with Crippen molar-refractivity contribution in [3.63, 3.8) is 0 Å². The van der Waals surface area contributed by atoms with Gasteiger partial charge in [0, 0.05) is 11.8 Å². The molecule has 0 fully saturated rings. The third-order valence-electron chi connectivity index (χ3n) is 2.34. The predicted molar refractivity (Wildman–Crippen MR) is 65.6 cm³/mol. The molecule has 0 saturated heterocycles. The summed E-state index contributed by atoms with van der Waals surface area (Å²) in [5.41, 5.74) is 0.793. The van der Waals surface area contributed by atoms with Gasteiger partial charge in [-0.3, -0.25) is 0 Å². The van der Waals surface area contributed by atoms with Crippen LogP contribution in [0.5, 0.6) is 11.5 Å². The molecule has 0 aliphatic carbocycles. The molecule has 1 aromatic carbocycles. The molecule has 0 bridgehead atoms. The summed E-state index contributed by atoms with van der Waals surface area (Å²) < 4.78 is 10.9. The van der Waals surface area contributed by atoms with Gasteiger partial charge in [-0.05, 0) is 23.7 Å². The molecule has 7 heteroatoms. The maximum atomic E-state index is 5.68. The first-order valence-corrected chi connectivity index (χ1v) is 5.70. The minimum atomic E-state index is 0.144. The zero-order valence-corrected chi connectivity index (χ0v) is 10.0. The normalized spacial score (nSPS) is 13.2. The van der Waals surface area contributed by atoms with Crippen LogP contribution in [0.1, 0.15) is 0 Å². The van der Waals surface area contributed by atoms with Crippen molar-refractivity contribution in [3.05, 3.63) is 29.8 Å². The molecule has 0 radical (unpaired) electrons. The fourth-order valence-electron chi connectivity index (χ4n) is 1.59. The number of fused-ring (bicyclic) bond motifs is 1. The Morgan fingerprint density at radius 3 is 2.78 bits per heavy atom. The monoisotopic (exact) mass is 264 g/mol. The molecule has 0 spiro atoms. The van der Waals surface area contributed by atoms with Crippen LogP contribution in [-0.4, -0.2) is 28.2 Å². The van der Waals surface area contributed by atoms with Crippen LogP contribution in [-0.2, 0) is 0 Å². The van der Waals surface area contributed by atoms with Gasteiger partial charge in [-0.2, -0.15) is 4.98 Å². The molecule has 0 saturated carbocycles. The zero-order chi connectivity index (χ0) is 12.4. The predicted octanol–water partition coefficient (Wildman–Crippen LogP) is 2.04. The highest BCUT2D eigenvalue weighted by atomic mass is 35.5. The molecule has 1 aliphatic rings. The molecule has 6 nitrogen and oxygen atoms in total. The van der Waals surface area contributed by atoms with Gasteiger partial charge >= 0.3 is 0 Å². The van der Waals surface area contributed by atoms with Crippen LogP contribution in [0.2, 0.25) is 5.28 Å². The highest BCUT2D eigenvalue weighted by molar-refractivity contribution is 6.28. The van der Waals surface area contributed by atoms with E-state index >= 15 is 0 Å². The minimum absolute atomic E-state index is 0.144. The average Bonchev–Trinajstić information content (AvgIpc) is 2.39. The Labute approximate surface area is 108 Å². The second kappa shape index (κ2) is 4.66. The minimum Gasteiger partial charge on any atom is -0.486 e. The summed E-state index contributed by atoms with van der Waals surface area (Å²) in [6.07, 6.45) is 1.34. The molecule has 1 N–H and O–H groups in total. The van der Waals surface area contributed by atoms with E-state index in [0.717, 1.165) is 11.4 Å². The zero-order valence-electron chi connectivity index (χ0n) is 9.26. The molecule has 0 amide bonds. The van der Waals surface area contributed by atoms with Gasteiger partial charge in [0.05, 0.1) is 0 Å². The standard InChI is InChI=1S/C11H9ClN4O2/c12-10-13-6-14-11(16-10)15-7-1-2-8-9(5-7)18-4-3-17-8/h1-2,5-6H,3-4H2,(H,13,14,15,16). The topological polar surface area (TPSA) is 69.2 Å². The Hall–Kier alpha value is -2.08. The van der Waals surface area contributed by atoms with E-state index in [9.17, 15) is 0 Å². The third-order valence-corrected chi connectivity index (χ3v) is 2.52. The van der Waals surface area contributed by atoms with E-state index < -0.39 is 0 Å². The number of anilines is 2. The van der Waals surface area contributed by atoms with Gasteiger partial charge in [-0.25, -0.2) is 9.97 Å². The Balaban J connectivity index is 1.85. The lowest BCUT2D eigenvalue weighted by Gasteiger charge is -2.18. The van der Waals surface area contributed by atoms with Gasteiger partial charge < -0.3 is 14.8 Å². The molecular weight excluding hydrogens is 256 g/mol. The van der Waals surface area contributed by atoms with Gasteiger partial charge in [0.2, 0.25) is 11.2 Å². The molecule has 2 aromatic rings. The summed E-state index contributed by atoms with van der Waals surface area (Å²) in [7, 11) is 0. The molecule has 92 valence electrons. The van der Waals surface area contributed by atoms with Crippen molar-refractivity contribution in [1.29, 1.82) is 0 Å². The van der Waals surface area contributed by atoms with E-state index in [-0.39, 0.29) is 5.28 Å². The Morgan fingerprint density at radius 2 is 1.94 bits per heavy atom. The van der Waals surface area contributed by atoms with Crippen LogP contribution >= 0.6 is 11.6 Å². The third kappa shape index (κ3) is 2.28. The second-order valence-electron chi connectivity index (χ2n) is 3.56. The molecule has 1 aliphatic heterocycles.